The number of carbonyl (C=O) groups excluding carboxylic acids is 1. The number of amides is 1. The van der Waals surface area contributed by atoms with E-state index in [9.17, 15) is 18.0 Å². The number of benzene rings is 1. The number of hydrogen-bond acceptors (Lipinski definition) is 6. The van der Waals surface area contributed by atoms with E-state index in [1.807, 2.05) is 16.7 Å². The van der Waals surface area contributed by atoms with Gasteiger partial charge >= 0.3 is 6.18 Å². The molecule has 4 aromatic rings. The first-order chi connectivity index (χ1) is 18.5. The Morgan fingerprint density at radius 3 is 2.41 bits per heavy atom. The largest absolute Gasteiger partial charge is 0.416 e. The maximum absolute atomic E-state index is 13.2. The number of fused-ring (bicyclic) bond motifs is 1. The highest BCUT2D eigenvalue weighted by Gasteiger charge is 2.30. The first-order valence-corrected chi connectivity index (χ1v) is 13.0. The summed E-state index contributed by atoms with van der Waals surface area (Å²) in [6.07, 6.45) is 0.613. The van der Waals surface area contributed by atoms with Crippen molar-refractivity contribution in [2.24, 2.45) is 11.7 Å². The number of halogens is 3. The number of nitrogens with one attached hydrogen (secondary N) is 1. The molecule has 1 aliphatic rings. The number of primary amides is 1. The van der Waals surface area contributed by atoms with Crippen molar-refractivity contribution >= 4 is 22.9 Å². The SMILES string of the molecule is CC(C)c1ccnc(-c2nc3nc(C(N)=O)nc(N[C@H](C)C4CCC4)c3n2Cc2ccc(C(F)(F)F)cc2)c1. The molecule has 1 amide bonds. The fraction of sp³-hybridized carbons (Fsp3) is 0.393. The van der Waals surface area contributed by atoms with Crippen LogP contribution in [-0.4, -0.2) is 36.5 Å². The Balaban J connectivity index is 1.69. The summed E-state index contributed by atoms with van der Waals surface area (Å²) in [5.41, 5.74) is 7.86. The Hall–Kier alpha value is -4.02. The number of rotatable bonds is 8. The van der Waals surface area contributed by atoms with Gasteiger partial charge in [0, 0.05) is 18.8 Å². The molecular weight excluding hydrogens is 507 g/mol. The van der Waals surface area contributed by atoms with Crippen LogP contribution in [0.15, 0.2) is 42.6 Å². The molecule has 0 spiro atoms. The van der Waals surface area contributed by atoms with Gasteiger partial charge in [-0.25, -0.2) is 15.0 Å². The van der Waals surface area contributed by atoms with Crippen molar-refractivity contribution in [1.29, 1.82) is 0 Å². The predicted molar refractivity (Wildman–Crippen MR) is 142 cm³/mol. The molecule has 0 bridgehead atoms. The maximum Gasteiger partial charge on any atom is 0.416 e. The summed E-state index contributed by atoms with van der Waals surface area (Å²) < 4.78 is 41.4. The molecule has 8 nitrogen and oxygen atoms in total. The van der Waals surface area contributed by atoms with Gasteiger partial charge < -0.3 is 15.6 Å². The second-order valence-corrected chi connectivity index (χ2v) is 10.4. The first kappa shape index (κ1) is 26.6. The number of nitrogens with zero attached hydrogens (tertiary/aromatic N) is 5. The van der Waals surface area contributed by atoms with Crippen molar-refractivity contribution in [3.63, 3.8) is 0 Å². The summed E-state index contributed by atoms with van der Waals surface area (Å²) in [5.74, 6) is 0.612. The summed E-state index contributed by atoms with van der Waals surface area (Å²) >= 11 is 0. The zero-order valence-corrected chi connectivity index (χ0v) is 22.0. The summed E-state index contributed by atoms with van der Waals surface area (Å²) in [5, 5.41) is 3.44. The number of aromatic nitrogens is 5. The number of alkyl halides is 3. The molecule has 204 valence electrons. The van der Waals surface area contributed by atoms with Crippen molar-refractivity contribution in [1.82, 2.24) is 24.5 Å². The third-order valence-corrected chi connectivity index (χ3v) is 7.35. The standard InChI is InChI=1S/C28H30F3N7O/c1-15(2)19-11-12-33-21(13-19)27-37-25-22(38(27)14-17-7-9-20(10-8-17)28(29,30)31)24(35-26(36-25)23(32)39)34-16(3)18-5-4-6-18/h7-13,15-16,18H,4-6,14H2,1-3H3,(H2,32,39)(H,34,35,36)/t16-/m1/s1. The average Bonchev–Trinajstić information content (AvgIpc) is 3.21. The summed E-state index contributed by atoms with van der Waals surface area (Å²) in [6.45, 7) is 6.38. The minimum absolute atomic E-state index is 0.0674. The van der Waals surface area contributed by atoms with Crippen molar-refractivity contribution in [3.05, 3.63) is 65.1 Å². The Bertz CT molecular complexity index is 1510. The normalized spacial score (nSPS) is 14.9. The molecule has 0 aliphatic heterocycles. The van der Waals surface area contributed by atoms with Crippen LogP contribution < -0.4 is 11.1 Å². The number of imidazole rings is 1. The van der Waals surface area contributed by atoms with Crippen LogP contribution in [0.2, 0.25) is 0 Å². The third kappa shape index (κ3) is 5.43. The van der Waals surface area contributed by atoms with Crippen molar-refractivity contribution in [3.8, 4) is 11.5 Å². The minimum Gasteiger partial charge on any atom is -0.365 e. The van der Waals surface area contributed by atoms with Crippen LogP contribution in [0, 0.1) is 5.92 Å². The van der Waals surface area contributed by atoms with Crippen LogP contribution in [0.3, 0.4) is 0 Å². The molecule has 1 aromatic carbocycles. The van der Waals surface area contributed by atoms with Crippen LogP contribution in [0.1, 0.15) is 73.3 Å². The van der Waals surface area contributed by atoms with Crippen LogP contribution in [0.5, 0.6) is 0 Å². The van der Waals surface area contributed by atoms with Gasteiger partial charge in [0.15, 0.2) is 17.3 Å². The molecule has 0 unspecified atom stereocenters. The van der Waals surface area contributed by atoms with Gasteiger partial charge in [0.1, 0.15) is 11.2 Å². The lowest BCUT2D eigenvalue weighted by Crippen LogP contribution is -2.31. The number of carbonyl (C=O) groups is 1. The number of pyridine rings is 1. The van der Waals surface area contributed by atoms with Gasteiger partial charge in [-0.15, -0.1) is 0 Å². The van der Waals surface area contributed by atoms with Crippen LogP contribution in [0.4, 0.5) is 19.0 Å². The number of anilines is 1. The highest BCUT2D eigenvalue weighted by molar-refractivity contribution is 5.94. The van der Waals surface area contributed by atoms with E-state index in [1.165, 1.54) is 12.1 Å². The lowest BCUT2D eigenvalue weighted by atomic mass is 9.80. The third-order valence-electron chi connectivity index (χ3n) is 7.35. The summed E-state index contributed by atoms with van der Waals surface area (Å²) in [6, 6.07) is 8.93. The van der Waals surface area contributed by atoms with Gasteiger partial charge in [-0.1, -0.05) is 32.4 Å². The molecule has 11 heteroatoms. The molecule has 39 heavy (non-hydrogen) atoms. The lowest BCUT2D eigenvalue weighted by Gasteiger charge is -2.32. The average molecular weight is 538 g/mol. The molecular formula is C28H30F3N7O. The van der Waals surface area contributed by atoms with Crippen molar-refractivity contribution in [2.45, 2.75) is 64.7 Å². The zero-order valence-electron chi connectivity index (χ0n) is 22.0. The predicted octanol–water partition coefficient (Wildman–Crippen LogP) is 5.78. The van der Waals surface area contributed by atoms with Crippen LogP contribution >= 0.6 is 0 Å². The molecule has 1 aliphatic carbocycles. The van der Waals surface area contributed by atoms with Crippen LogP contribution in [0.25, 0.3) is 22.7 Å². The molecule has 0 saturated heterocycles. The van der Waals surface area contributed by atoms with Gasteiger partial charge in [0.2, 0.25) is 5.82 Å². The Morgan fingerprint density at radius 2 is 1.82 bits per heavy atom. The Morgan fingerprint density at radius 1 is 1.10 bits per heavy atom. The molecule has 3 aromatic heterocycles. The van der Waals surface area contributed by atoms with Crippen molar-refractivity contribution < 1.29 is 18.0 Å². The van der Waals surface area contributed by atoms with Crippen LogP contribution in [-0.2, 0) is 12.7 Å². The minimum atomic E-state index is -4.43. The number of hydrogen-bond donors (Lipinski definition) is 2. The molecule has 1 saturated carbocycles. The van der Waals surface area contributed by atoms with E-state index in [2.05, 4.69) is 41.0 Å². The molecule has 5 rings (SSSR count). The summed E-state index contributed by atoms with van der Waals surface area (Å²) in [7, 11) is 0. The fourth-order valence-corrected chi connectivity index (χ4v) is 4.78. The second-order valence-electron chi connectivity index (χ2n) is 10.4. The van der Waals surface area contributed by atoms with Gasteiger partial charge in [-0.3, -0.25) is 9.78 Å². The van der Waals surface area contributed by atoms with E-state index in [1.54, 1.807) is 6.20 Å². The second kappa shape index (κ2) is 10.3. The summed E-state index contributed by atoms with van der Waals surface area (Å²) in [4.78, 5) is 30.2. The monoisotopic (exact) mass is 537 g/mol. The quantitative estimate of drug-likeness (QED) is 0.295. The van der Waals surface area contributed by atoms with E-state index in [0.29, 0.717) is 34.3 Å². The fourth-order valence-electron chi connectivity index (χ4n) is 4.78. The molecule has 3 N–H and O–H groups in total. The molecule has 3 heterocycles. The number of nitrogens with two attached hydrogens (primary N) is 1. The van der Waals surface area contributed by atoms with Gasteiger partial charge in [0.05, 0.1) is 5.56 Å². The molecule has 1 atom stereocenters. The lowest BCUT2D eigenvalue weighted by molar-refractivity contribution is -0.137. The van der Waals surface area contributed by atoms with E-state index >= 15 is 0 Å². The molecule has 1 fully saturated rings. The van der Waals surface area contributed by atoms with Gasteiger partial charge in [0.25, 0.3) is 5.91 Å². The Kier molecular flexibility index (Phi) is 7.00. The van der Waals surface area contributed by atoms with E-state index in [4.69, 9.17) is 10.7 Å². The Labute approximate surface area is 223 Å². The molecule has 0 radical (unpaired) electrons. The highest BCUT2D eigenvalue weighted by Crippen LogP contribution is 2.34. The maximum atomic E-state index is 13.2. The first-order valence-electron chi connectivity index (χ1n) is 13.0. The van der Waals surface area contributed by atoms with E-state index in [0.717, 1.165) is 37.0 Å². The highest BCUT2D eigenvalue weighted by atomic mass is 19.4. The zero-order chi connectivity index (χ0) is 27.9. The van der Waals surface area contributed by atoms with Crippen molar-refractivity contribution in [2.75, 3.05) is 5.32 Å². The van der Waals surface area contributed by atoms with Gasteiger partial charge in [-0.05, 0) is 67.0 Å². The van der Waals surface area contributed by atoms with E-state index < -0.39 is 17.6 Å². The van der Waals surface area contributed by atoms with Gasteiger partial charge in [-0.2, -0.15) is 13.2 Å². The smallest absolute Gasteiger partial charge is 0.365 e. The van der Waals surface area contributed by atoms with E-state index in [-0.39, 0.29) is 30.0 Å². The topological polar surface area (TPSA) is 112 Å².